The zero-order valence-corrected chi connectivity index (χ0v) is 16.6. The van der Waals surface area contributed by atoms with E-state index in [1.165, 1.54) is 14.1 Å². The third kappa shape index (κ3) is 4.84. The average Bonchev–Trinajstić information content (AvgIpc) is 2.61. The van der Waals surface area contributed by atoms with Crippen molar-refractivity contribution in [2.75, 3.05) is 27.7 Å². The second kappa shape index (κ2) is 8.49. The number of nitrogens with zero attached hydrogens (tertiary/aromatic N) is 1. The maximum absolute atomic E-state index is 14.0. The number of halogens is 1. The Morgan fingerprint density at radius 1 is 1.19 bits per heavy atom. The maximum Gasteiger partial charge on any atom is 0.254 e. The van der Waals surface area contributed by atoms with Crippen molar-refractivity contribution in [1.29, 1.82) is 0 Å². The fourth-order valence-electron chi connectivity index (χ4n) is 2.56. The lowest BCUT2D eigenvalue weighted by Crippen LogP contribution is -2.28. The Hall–Kier alpha value is -2.45. The van der Waals surface area contributed by atoms with Gasteiger partial charge in [-0.1, -0.05) is 17.7 Å². The molecule has 0 aliphatic carbocycles. The van der Waals surface area contributed by atoms with Crippen LogP contribution >= 0.6 is 0 Å². The van der Waals surface area contributed by atoms with Crippen LogP contribution in [0.5, 0.6) is 5.75 Å². The van der Waals surface area contributed by atoms with Crippen molar-refractivity contribution in [1.82, 2.24) is 9.62 Å². The summed E-state index contributed by atoms with van der Waals surface area (Å²) in [7, 11) is 0.549. The fraction of sp³-hybridized carbons (Fsp3) is 0.316. The van der Waals surface area contributed by atoms with Crippen LogP contribution in [0.1, 0.15) is 21.5 Å². The molecule has 0 unspecified atom stereocenters. The number of hydrogen-bond acceptors (Lipinski definition) is 4. The molecule has 0 atom stereocenters. The zero-order valence-electron chi connectivity index (χ0n) is 15.7. The number of carbonyl (C=O) groups excluding carboxylic acids is 1. The highest BCUT2D eigenvalue weighted by atomic mass is 32.2. The van der Waals surface area contributed by atoms with E-state index in [1.54, 1.807) is 7.11 Å². The first-order valence-electron chi connectivity index (χ1n) is 8.30. The smallest absolute Gasteiger partial charge is 0.254 e. The Labute approximate surface area is 159 Å². The molecule has 2 rings (SSSR count). The lowest BCUT2D eigenvalue weighted by atomic mass is 10.1. The van der Waals surface area contributed by atoms with Gasteiger partial charge in [-0.25, -0.2) is 17.1 Å². The first-order valence-corrected chi connectivity index (χ1v) is 9.74. The number of benzene rings is 2. The van der Waals surface area contributed by atoms with E-state index in [0.717, 1.165) is 33.6 Å². The van der Waals surface area contributed by atoms with Gasteiger partial charge in [0.1, 0.15) is 11.6 Å². The monoisotopic (exact) mass is 394 g/mol. The average molecular weight is 394 g/mol. The van der Waals surface area contributed by atoms with Gasteiger partial charge in [-0.3, -0.25) is 4.79 Å². The van der Waals surface area contributed by atoms with Crippen LogP contribution in [0, 0.1) is 12.7 Å². The standard InChI is InChI=1S/C19H23FN2O4S/c1-13-5-8-18(26-4)14(11-13)9-10-21-19(23)16-12-15(6-7-17(16)20)27(24,25)22(2)3/h5-8,11-12H,9-10H2,1-4H3,(H,21,23). The summed E-state index contributed by atoms with van der Waals surface area (Å²) in [6, 6.07) is 8.89. The SMILES string of the molecule is COc1ccc(C)cc1CCNC(=O)c1cc(S(=O)(=O)N(C)C)ccc1F. The first-order chi connectivity index (χ1) is 12.7. The molecule has 0 aromatic heterocycles. The van der Waals surface area contributed by atoms with Gasteiger partial charge >= 0.3 is 0 Å². The molecule has 0 fully saturated rings. The summed E-state index contributed by atoms with van der Waals surface area (Å²) in [6.07, 6.45) is 0.494. The lowest BCUT2D eigenvalue weighted by Gasteiger charge is -2.13. The van der Waals surface area contributed by atoms with Crippen molar-refractivity contribution in [2.24, 2.45) is 0 Å². The topological polar surface area (TPSA) is 75.7 Å². The van der Waals surface area contributed by atoms with Gasteiger partial charge in [0.25, 0.3) is 5.91 Å². The lowest BCUT2D eigenvalue weighted by molar-refractivity contribution is 0.0949. The quantitative estimate of drug-likeness (QED) is 0.782. The van der Waals surface area contributed by atoms with E-state index in [0.29, 0.717) is 12.2 Å². The molecule has 1 amide bonds. The molecule has 6 nitrogen and oxygen atoms in total. The second-order valence-electron chi connectivity index (χ2n) is 6.25. The molecule has 0 bridgehead atoms. The molecule has 1 N–H and O–H groups in total. The maximum atomic E-state index is 14.0. The highest BCUT2D eigenvalue weighted by molar-refractivity contribution is 7.89. The van der Waals surface area contributed by atoms with Crippen LogP contribution < -0.4 is 10.1 Å². The van der Waals surface area contributed by atoms with Gasteiger partial charge in [0.15, 0.2) is 0 Å². The number of sulfonamides is 1. The number of rotatable bonds is 7. The second-order valence-corrected chi connectivity index (χ2v) is 8.40. The van der Waals surface area contributed by atoms with Crippen LogP contribution in [0.25, 0.3) is 0 Å². The summed E-state index contributed by atoms with van der Waals surface area (Å²) in [5, 5.41) is 2.62. The van der Waals surface area contributed by atoms with Gasteiger partial charge in [0.05, 0.1) is 17.6 Å². The molecule has 27 heavy (non-hydrogen) atoms. The summed E-state index contributed by atoms with van der Waals surface area (Å²) in [5.41, 5.74) is 1.67. The normalized spacial score (nSPS) is 11.5. The number of methoxy groups -OCH3 is 1. The Kier molecular flexibility index (Phi) is 6.56. The largest absolute Gasteiger partial charge is 0.496 e. The van der Waals surface area contributed by atoms with Gasteiger partial charge in [0.2, 0.25) is 10.0 Å². The molecule has 0 saturated carbocycles. The fourth-order valence-corrected chi connectivity index (χ4v) is 3.49. The third-order valence-electron chi connectivity index (χ3n) is 4.08. The van der Waals surface area contributed by atoms with Gasteiger partial charge in [0, 0.05) is 20.6 Å². The minimum atomic E-state index is -3.76. The van der Waals surface area contributed by atoms with Crippen LogP contribution in [0.15, 0.2) is 41.3 Å². The Morgan fingerprint density at radius 3 is 2.52 bits per heavy atom. The number of hydrogen-bond donors (Lipinski definition) is 1. The third-order valence-corrected chi connectivity index (χ3v) is 5.89. The Balaban J connectivity index is 2.14. The molecule has 0 heterocycles. The number of carbonyl (C=O) groups is 1. The van der Waals surface area contributed by atoms with E-state index in [-0.39, 0.29) is 17.0 Å². The van der Waals surface area contributed by atoms with Crippen molar-refractivity contribution < 1.29 is 22.3 Å². The van der Waals surface area contributed by atoms with Crippen LogP contribution in [0.4, 0.5) is 4.39 Å². The summed E-state index contributed by atoms with van der Waals surface area (Å²) < 4.78 is 44.7. The minimum absolute atomic E-state index is 0.139. The molecule has 2 aromatic carbocycles. The van der Waals surface area contributed by atoms with Crippen LogP contribution in [0.3, 0.4) is 0 Å². The number of nitrogens with one attached hydrogen (secondary N) is 1. The summed E-state index contributed by atoms with van der Waals surface area (Å²) >= 11 is 0. The van der Waals surface area contributed by atoms with Crippen molar-refractivity contribution in [3.8, 4) is 5.75 Å². The molecule has 0 radical (unpaired) electrons. The summed E-state index contributed by atoms with van der Waals surface area (Å²) in [4.78, 5) is 12.2. The van der Waals surface area contributed by atoms with Crippen molar-refractivity contribution >= 4 is 15.9 Å². The van der Waals surface area contributed by atoms with E-state index < -0.39 is 21.7 Å². The van der Waals surface area contributed by atoms with E-state index in [4.69, 9.17) is 4.74 Å². The zero-order chi connectivity index (χ0) is 20.2. The van der Waals surface area contributed by atoms with E-state index >= 15 is 0 Å². The highest BCUT2D eigenvalue weighted by Gasteiger charge is 2.21. The van der Waals surface area contributed by atoms with Crippen molar-refractivity contribution in [3.63, 3.8) is 0 Å². The molecule has 8 heteroatoms. The Bertz CT molecular complexity index is 943. The minimum Gasteiger partial charge on any atom is -0.496 e. The Morgan fingerprint density at radius 2 is 1.89 bits per heavy atom. The van der Waals surface area contributed by atoms with E-state index in [1.807, 2.05) is 25.1 Å². The first kappa shape index (κ1) is 20.9. The molecular weight excluding hydrogens is 371 g/mol. The molecule has 146 valence electrons. The number of aryl methyl sites for hydroxylation is 1. The van der Waals surface area contributed by atoms with Gasteiger partial charge in [-0.05, 0) is 43.2 Å². The van der Waals surface area contributed by atoms with Gasteiger partial charge < -0.3 is 10.1 Å². The van der Waals surface area contributed by atoms with E-state index in [9.17, 15) is 17.6 Å². The predicted octanol–water partition coefficient (Wildman–Crippen LogP) is 2.37. The summed E-state index contributed by atoms with van der Waals surface area (Å²) in [5.74, 6) is -0.742. The highest BCUT2D eigenvalue weighted by Crippen LogP contribution is 2.20. The molecule has 0 aliphatic heterocycles. The van der Waals surface area contributed by atoms with Crippen LogP contribution in [0.2, 0.25) is 0 Å². The number of amides is 1. The van der Waals surface area contributed by atoms with E-state index in [2.05, 4.69) is 5.32 Å². The van der Waals surface area contributed by atoms with Gasteiger partial charge in [-0.15, -0.1) is 0 Å². The van der Waals surface area contributed by atoms with Gasteiger partial charge in [-0.2, -0.15) is 0 Å². The molecule has 0 saturated heterocycles. The van der Waals surface area contributed by atoms with Crippen LogP contribution in [-0.2, 0) is 16.4 Å². The molecule has 2 aromatic rings. The molecule has 0 spiro atoms. The van der Waals surface area contributed by atoms with Crippen molar-refractivity contribution in [3.05, 3.63) is 58.9 Å². The summed E-state index contributed by atoms with van der Waals surface area (Å²) in [6.45, 7) is 2.20. The van der Waals surface area contributed by atoms with Crippen molar-refractivity contribution in [2.45, 2.75) is 18.2 Å². The predicted molar refractivity (Wildman–Crippen MR) is 101 cm³/mol. The van der Waals surface area contributed by atoms with Crippen LogP contribution in [-0.4, -0.2) is 46.4 Å². The number of ether oxygens (including phenoxy) is 1. The molecular formula is C19H23FN2O4S. The molecule has 0 aliphatic rings.